The van der Waals surface area contributed by atoms with Gasteiger partial charge in [0.05, 0.1) is 12.4 Å². The molecule has 0 fully saturated rings. The highest BCUT2D eigenvalue weighted by atomic mass is 35.5. The van der Waals surface area contributed by atoms with Crippen molar-refractivity contribution in [2.24, 2.45) is 0 Å². The monoisotopic (exact) mass is 351 g/mol. The van der Waals surface area contributed by atoms with Gasteiger partial charge in [0, 0.05) is 17.8 Å². The van der Waals surface area contributed by atoms with Gasteiger partial charge in [-0.25, -0.2) is 9.97 Å². The van der Waals surface area contributed by atoms with Crippen LogP contribution in [0.15, 0.2) is 41.7 Å². The molecule has 0 aliphatic heterocycles. The Morgan fingerprint density at radius 1 is 1.30 bits per heavy atom. The van der Waals surface area contributed by atoms with Crippen molar-refractivity contribution in [2.45, 2.75) is 18.5 Å². The molecule has 0 atom stereocenters. The number of ether oxygens (including phenoxy) is 1. The van der Waals surface area contributed by atoms with Crippen LogP contribution in [-0.4, -0.2) is 34.8 Å². The number of thioether (sulfide) groups is 1. The number of hydrogen-bond acceptors (Lipinski definition) is 6. The largest absolute Gasteiger partial charge is 0.465 e. The lowest BCUT2D eigenvalue weighted by molar-refractivity contribution is -0.139. The first-order valence-corrected chi connectivity index (χ1v) is 8.63. The molecular formula is C16H18ClN3O2S. The first-order valence-electron chi connectivity index (χ1n) is 7.27. The van der Waals surface area contributed by atoms with Gasteiger partial charge in [0.2, 0.25) is 0 Å². The molecule has 0 spiro atoms. The molecule has 1 N–H and O–H groups in total. The highest BCUT2D eigenvalue weighted by Gasteiger charge is 2.06. The van der Waals surface area contributed by atoms with Gasteiger partial charge >= 0.3 is 5.97 Å². The Bertz CT molecular complexity index is 637. The highest BCUT2D eigenvalue weighted by molar-refractivity contribution is 7.99. The fourth-order valence-corrected chi connectivity index (χ4v) is 2.58. The minimum Gasteiger partial charge on any atom is -0.465 e. The number of hydrogen-bond donors (Lipinski definition) is 1. The molecule has 2 rings (SSSR count). The van der Waals surface area contributed by atoms with Crippen LogP contribution in [0.25, 0.3) is 0 Å². The first-order chi connectivity index (χ1) is 11.2. The van der Waals surface area contributed by atoms with Crippen LogP contribution in [0.1, 0.15) is 12.5 Å². The zero-order valence-electron chi connectivity index (χ0n) is 12.8. The van der Waals surface area contributed by atoms with E-state index in [1.807, 2.05) is 24.3 Å². The lowest BCUT2D eigenvalue weighted by Crippen LogP contribution is -2.08. The second-order valence-electron chi connectivity index (χ2n) is 4.62. The quantitative estimate of drug-likeness (QED) is 0.446. The molecule has 122 valence electrons. The van der Waals surface area contributed by atoms with E-state index in [2.05, 4.69) is 15.3 Å². The molecule has 1 aromatic carbocycles. The van der Waals surface area contributed by atoms with E-state index in [1.165, 1.54) is 17.3 Å². The first kappa shape index (κ1) is 17.6. The molecule has 0 aliphatic rings. The van der Waals surface area contributed by atoms with Crippen LogP contribution in [0.5, 0.6) is 0 Å². The molecule has 1 aromatic heterocycles. The topological polar surface area (TPSA) is 64.1 Å². The molecule has 2 aromatic rings. The van der Waals surface area contributed by atoms with Crippen molar-refractivity contribution in [1.29, 1.82) is 0 Å². The van der Waals surface area contributed by atoms with E-state index in [4.69, 9.17) is 16.3 Å². The van der Waals surface area contributed by atoms with Gasteiger partial charge < -0.3 is 10.1 Å². The smallest absolute Gasteiger partial charge is 0.316 e. The lowest BCUT2D eigenvalue weighted by atomic mass is 10.1. The van der Waals surface area contributed by atoms with E-state index >= 15 is 0 Å². The lowest BCUT2D eigenvalue weighted by Gasteiger charge is -2.07. The Kier molecular flexibility index (Phi) is 7.16. The summed E-state index contributed by atoms with van der Waals surface area (Å²) in [7, 11) is 0. The SMILES string of the molecule is CCOC(=O)CSc1nccc(NCCc2ccc(Cl)cc2)n1. The Labute approximate surface area is 144 Å². The number of aromatic nitrogens is 2. The van der Waals surface area contributed by atoms with Crippen LogP contribution in [0.4, 0.5) is 5.82 Å². The molecule has 0 unspecified atom stereocenters. The number of anilines is 1. The van der Waals surface area contributed by atoms with E-state index in [0.29, 0.717) is 11.8 Å². The van der Waals surface area contributed by atoms with Gasteiger partial charge in [0.15, 0.2) is 5.16 Å². The van der Waals surface area contributed by atoms with Crippen molar-refractivity contribution in [3.63, 3.8) is 0 Å². The van der Waals surface area contributed by atoms with Gasteiger partial charge in [0.25, 0.3) is 0 Å². The number of esters is 1. The van der Waals surface area contributed by atoms with Crippen LogP contribution in [0.2, 0.25) is 5.02 Å². The van der Waals surface area contributed by atoms with Crippen LogP contribution in [0, 0.1) is 0 Å². The maximum absolute atomic E-state index is 11.3. The van der Waals surface area contributed by atoms with Gasteiger partial charge in [-0.15, -0.1) is 0 Å². The number of rotatable bonds is 8. The van der Waals surface area contributed by atoms with E-state index in [0.717, 1.165) is 23.8 Å². The molecule has 7 heteroatoms. The summed E-state index contributed by atoms with van der Waals surface area (Å²) in [6, 6.07) is 9.57. The summed E-state index contributed by atoms with van der Waals surface area (Å²) in [5.41, 5.74) is 1.20. The summed E-state index contributed by atoms with van der Waals surface area (Å²) >= 11 is 7.13. The average Bonchev–Trinajstić information content (AvgIpc) is 2.56. The van der Waals surface area contributed by atoms with Crippen molar-refractivity contribution in [2.75, 3.05) is 24.2 Å². The number of nitrogens with one attached hydrogen (secondary N) is 1. The summed E-state index contributed by atoms with van der Waals surface area (Å²) in [5.74, 6) is 0.685. The number of benzene rings is 1. The predicted octanol–water partition coefficient (Wildman–Crippen LogP) is 3.44. The van der Waals surface area contributed by atoms with Crippen molar-refractivity contribution >= 4 is 35.1 Å². The van der Waals surface area contributed by atoms with Gasteiger partial charge in [-0.05, 0) is 37.1 Å². The molecule has 1 heterocycles. The number of nitrogens with zero attached hydrogens (tertiary/aromatic N) is 2. The Morgan fingerprint density at radius 3 is 2.83 bits per heavy atom. The van der Waals surface area contributed by atoms with Crippen molar-refractivity contribution in [1.82, 2.24) is 9.97 Å². The number of halogens is 1. The molecule has 0 radical (unpaired) electrons. The molecule has 0 saturated carbocycles. The summed E-state index contributed by atoms with van der Waals surface area (Å²) in [5, 5.41) is 4.53. The minimum atomic E-state index is -0.262. The Hall–Kier alpha value is -1.79. The molecular weight excluding hydrogens is 334 g/mol. The summed E-state index contributed by atoms with van der Waals surface area (Å²) in [6.07, 6.45) is 2.54. The maximum Gasteiger partial charge on any atom is 0.316 e. The van der Waals surface area contributed by atoms with Crippen molar-refractivity contribution in [3.05, 3.63) is 47.1 Å². The van der Waals surface area contributed by atoms with Gasteiger partial charge in [0.1, 0.15) is 5.82 Å². The van der Waals surface area contributed by atoms with Crippen molar-refractivity contribution in [3.8, 4) is 0 Å². The molecule has 23 heavy (non-hydrogen) atoms. The van der Waals surface area contributed by atoms with E-state index in [-0.39, 0.29) is 11.7 Å². The fourth-order valence-electron chi connectivity index (χ4n) is 1.82. The Balaban J connectivity index is 1.80. The number of carbonyl (C=O) groups excluding carboxylic acids is 1. The fraction of sp³-hybridized carbons (Fsp3) is 0.312. The summed E-state index contributed by atoms with van der Waals surface area (Å²) < 4.78 is 4.88. The average molecular weight is 352 g/mol. The molecule has 5 nitrogen and oxygen atoms in total. The second kappa shape index (κ2) is 9.37. The van der Waals surface area contributed by atoms with Gasteiger partial charge in [-0.1, -0.05) is 35.5 Å². The van der Waals surface area contributed by atoms with E-state index in [9.17, 15) is 4.79 Å². The maximum atomic E-state index is 11.3. The third kappa shape index (κ3) is 6.46. The zero-order chi connectivity index (χ0) is 16.5. The molecule has 0 amide bonds. The molecule has 0 aliphatic carbocycles. The predicted molar refractivity (Wildman–Crippen MR) is 93.0 cm³/mol. The van der Waals surface area contributed by atoms with Crippen LogP contribution in [0.3, 0.4) is 0 Å². The third-order valence-electron chi connectivity index (χ3n) is 2.89. The van der Waals surface area contributed by atoms with Crippen molar-refractivity contribution < 1.29 is 9.53 Å². The van der Waals surface area contributed by atoms with Crippen LogP contribution < -0.4 is 5.32 Å². The summed E-state index contributed by atoms with van der Waals surface area (Å²) in [6.45, 7) is 2.91. The van der Waals surface area contributed by atoms with Crippen LogP contribution >= 0.6 is 23.4 Å². The minimum absolute atomic E-state index is 0.210. The Morgan fingerprint density at radius 2 is 2.09 bits per heavy atom. The standard InChI is InChI=1S/C16H18ClN3O2S/c1-2-22-15(21)11-23-16-19-10-8-14(20-16)18-9-7-12-3-5-13(17)6-4-12/h3-6,8,10H,2,7,9,11H2,1H3,(H,18,19,20). The van der Waals surface area contributed by atoms with Gasteiger partial charge in [-0.3, -0.25) is 4.79 Å². The zero-order valence-corrected chi connectivity index (χ0v) is 14.4. The van der Waals surface area contributed by atoms with Gasteiger partial charge in [-0.2, -0.15) is 0 Å². The molecule has 0 saturated heterocycles. The molecule has 0 bridgehead atoms. The van der Waals surface area contributed by atoms with E-state index in [1.54, 1.807) is 19.2 Å². The normalized spacial score (nSPS) is 10.3. The third-order valence-corrected chi connectivity index (χ3v) is 3.98. The second-order valence-corrected chi connectivity index (χ2v) is 6.00. The van der Waals surface area contributed by atoms with E-state index < -0.39 is 0 Å². The van der Waals surface area contributed by atoms with Crippen LogP contribution in [-0.2, 0) is 16.0 Å². The highest BCUT2D eigenvalue weighted by Crippen LogP contribution is 2.15. The number of carbonyl (C=O) groups is 1. The summed E-state index contributed by atoms with van der Waals surface area (Å²) in [4.78, 5) is 19.8.